The Kier molecular flexibility index (Phi) is 2.94. The molecule has 2 aliphatic heterocycles. The Bertz CT molecular complexity index is 670. The highest BCUT2D eigenvalue weighted by Gasteiger charge is 2.46. The van der Waals surface area contributed by atoms with Gasteiger partial charge in [-0.25, -0.2) is 4.79 Å². The van der Waals surface area contributed by atoms with Gasteiger partial charge in [-0.15, -0.1) is 0 Å². The number of carbonyl (C=O) groups is 2. The monoisotopic (exact) mass is 289 g/mol. The highest BCUT2D eigenvalue weighted by Crippen LogP contribution is 2.31. The van der Waals surface area contributed by atoms with E-state index in [0.29, 0.717) is 12.1 Å². The fourth-order valence-electron chi connectivity index (χ4n) is 2.59. The van der Waals surface area contributed by atoms with E-state index in [2.05, 4.69) is 5.16 Å². The first-order chi connectivity index (χ1) is 9.97. The van der Waals surface area contributed by atoms with Crippen LogP contribution in [0.15, 0.2) is 23.4 Å². The summed E-state index contributed by atoms with van der Waals surface area (Å²) in [5.74, 6) is -1.09. The van der Waals surface area contributed by atoms with E-state index in [1.54, 1.807) is 11.9 Å². The molecule has 0 fully saturated rings. The van der Waals surface area contributed by atoms with E-state index in [1.165, 1.54) is 0 Å². The highest BCUT2D eigenvalue weighted by atomic mass is 16.7. The molecule has 1 unspecified atom stereocenters. The third-order valence-electron chi connectivity index (χ3n) is 3.99. The summed E-state index contributed by atoms with van der Waals surface area (Å²) in [6.07, 6.45) is 0.455. The molecule has 3 rings (SSSR count). The summed E-state index contributed by atoms with van der Waals surface area (Å²) in [7, 11) is 1.73. The van der Waals surface area contributed by atoms with E-state index < -0.39 is 11.6 Å². The van der Waals surface area contributed by atoms with Crippen LogP contribution in [0.1, 0.15) is 17.5 Å². The van der Waals surface area contributed by atoms with Crippen molar-refractivity contribution in [2.75, 3.05) is 18.5 Å². The topological polar surface area (TPSA) is 105 Å². The summed E-state index contributed by atoms with van der Waals surface area (Å²) in [6, 6.07) is 5.50. The lowest BCUT2D eigenvalue weighted by molar-refractivity contribution is -0.161. The first-order valence-corrected chi connectivity index (χ1v) is 6.55. The van der Waals surface area contributed by atoms with Crippen LogP contribution in [0.25, 0.3) is 0 Å². The fraction of sp³-hybridized carbons (Fsp3) is 0.357. The first kappa shape index (κ1) is 13.6. The summed E-state index contributed by atoms with van der Waals surface area (Å²) >= 11 is 0. The summed E-state index contributed by atoms with van der Waals surface area (Å²) in [6.45, 7) is -0.151. The molecule has 2 heterocycles. The van der Waals surface area contributed by atoms with Gasteiger partial charge < -0.3 is 20.6 Å². The number of nitrogens with two attached hydrogens (primary N) is 1. The molecule has 1 aromatic carbocycles. The molecule has 0 spiro atoms. The standard InChI is InChI=1S/C14H15N3O4/c1-17-11-3-2-8(4-9(11)5-12(17)18)10-6-14(7-15,13(19)20)21-16-10/h2-4H,5-7,15H2,1H3,(H,19,20). The van der Waals surface area contributed by atoms with Gasteiger partial charge in [-0.2, -0.15) is 0 Å². The Labute approximate surface area is 121 Å². The van der Waals surface area contributed by atoms with Gasteiger partial charge in [0, 0.05) is 25.7 Å². The zero-order valence-electron chi connectivity index (χ0n) is 11.5. The van der Waals surface area contributed by atoms with E-state index in [9.17, 15) is 14.7 Å². The molecule has 3 N–H and O–H groups in total. The van der Waals surface area contributed by atoms with Crippen LogP contribution in [0.3, 0.4) is 0 Å². The Morgan fingerprint density at radius 3 is 2.95 bits per heavy atom. The van der Waals surface area contributed by atoms with Crippen molar-refractivity contribution in [3.63, 3.8) is 0 Å². The normalized spacial score (nSPS) is 23.8. The van der Waals surface area contributed by atoms with Crippen molar-refractivity contribution in [2.24, 2.45) is 10.9 Å². The third kappa shape index (κ3) is 1.97. The lowest BCUT2D eigenvalue weighted by Crippen LogP contribution is -2.45. The lowest BCUT2D eigenvalue weighted by atomic mass is 9.93. The number of carbonyl (C=O) groups excluding carboxylic acids is 1. The van der Waals surface area contributed by atoms with Crippen LogP contribution in [0.4, 0.5) is 5.69 Å². The number of anilines is 1. The minimum Gasteiger partial charge on any atom is -0.478 e. The number of hydrogen-bond acceptors (Lipinski definition) is 5. The van der Waals surface area contributed by atoms with Gasteiger partial charge in [0.05, 0.1) is 12.1 Å². The molecule has 2 aliphatic rings. The molecule has 0 saturated carbocycles. The van der Waals surface area contributed by atoms with Gasteiger partial charge in [0.15, 0.2) is 0 Å². The number of nitrogens with zero attached hydrogens (tertiary/aromatic N) is 2. The molecule has 1 atom stereocenters. The summed E-state index contributed by atoms with van der Waals surface area (Å²) in [5.41, 5.74) is 7.09. The second kappa shape index (κ2) is 4.56. The SMILES string of the molecule is CN1C(=O)Cc2cc(C3=NOC(CN)(C(=O)O)C3)ccc21. The summed E-state index contributed by atoms with van der Waals surface area (Å²) in [5, 5.41) is 13.1. The van der Waals surface area contributed by atoms with Crippen LogP contribution in [0, 0.1) is 0 Å². The van der Waals surface area contributed by atoms with E-state index in [-0.39, 0.29) is 18.9 Å². The van der Waals surface area contributed by atoms with E-state index >= 15 is 0 Å². The smallest absolute Gasteiger partial charge is 0.352 e. The fourth-order valence-corrected chi connectivity index (χ4v) is 2.59. The van der Waals surface area contributed by atoms with Crippen LogP contribution in [0.2, 0.25) is 0 Å². The van der Waals surface area contributed by atoms with Gasteiger partial charge in [-0.3, -0.25) is 4.79 Å². The molecule has 0 aliphatic carbocycles. The number of fused-ring (bicyclic) bond motifs is 1. The number of carboxylic acids is 1. The molecular weight excluding hydrogens is 274 g/mol. The van der Waals surface area contributed by atoms with E-state index in [1.807, 2.05) is 18.2 Å². The molecule has 110 valence electrons. The number of amides is 1. The van der Waals surface area contributed by atoms with E-state index in [4.69, 9.17) is 10.6 Å². The van der Waals surface area contributed by atoms with Gasteiger partial charge >= 0.3 is 5.97 Å². The number of hydrogen-bond donors (Lipinski definition) is 2. The second-order valence-corrected chi connectivity index (χ2v) is 5.28. The Morgan fingerprint density at radius 2 is 2.33 bits per heavy atom. The van der Waals surface area contributed by atoms with Crippen LogP contribution in [-0.4, -0.2) is 41.9 Å². The van der Waals surface area contributed by atoms with Gasteiger partial charge in [0.2, 0.25) is 5.91 Å². The van der Waals surface area contributed by atoms with Gasteiger partial charge in [0.25, 0.3) is 5.60 Å². The van der Waals surface area contributed by atoms with Crippen LogP contribution in [-0.2, 0) is 20.8 Å². The summed E-state index contributed by atoms with van der Waals surface area (Å²) in [4.78, 5) is 29.6. The Morgan fingerprint density at radius 1 is 1.57 bits per heavy atom. The molecule has 7 heteroatoms. The maximum Gasteiger partial charge on any atom is 0.352 e. The number of oxime groups is 1. The molecule has 0 bridgehead atoms. The number of carboxylic acid groups (broad SMARTS) is 1. The number of likely N-dealkylation sites (N-methyl/N-ethyl adjacent to an activating group) is 1. The predicted molar refractivity (Wildman–Crippen MR) is 75.2 cm³/mol. The van der Waals surface area contributed by atoms with Crippen LogP contribution < -0.4 is 10.6 Å². The minimum absolute atomic E-state index is 0.0357. The molecule has 7 nitrogen and oxygen atoms in total. The van der Waals surface area contributed by atoms with Crippen molar-refractivity contribution in [2.45, 2.75) is 18.4 Å². The average Bonchev–Trinajstić information content (AvgIpc) is 3.02. The van der Waals surface area contributed by atoms with Crippen molar-refractivity contribution < 1.29 is 19.5 Å². The predicted octanol–water partition coefficient (Wildman–Crippen LogP) is 0.112. The highest BCUT2D eigenvalue weighted by molar-refractivity contribution is 6.07. The molecule has 21 heavy (non-hydrogen) atoms. The zero-order valence-corrected chi connectivity index (χ0v) is 11.5. The molecule has 1 aromatic rings. The van der Waals surface area contributed by atoms with Crippen molar-refractivity contribution in [1.29, 1.82) is 0 Å². The van der Waals surface area contributed by atoms with Crippen LogP contribution in [0.5, 0.6) is 0 Å². The Hall–Kier alpha value is -2.41. The van der Waals surface area contributed by atoms with Crippen molar-refractivity contribution >= 4 is 23.3 Å². The maximum atomic E-state index is 11.7. The largest absolute Gasteiger partial charge is 0.478 e. The quantitative estimate of drug-likeness (QED) is 0.821. The van der Waals surface area contributed by atoms with Crippen LogP contribution >= 0.6 is 0 Å². The first-order valence-electron chi connectivity index (χ1n) is 6.55. The lowest BCUT2D eigenvalue weighted by Gasteiger charge is -2.18. The molecule has 0 aromatic heterocycles. The molecule has 0 saturated heterocycles. The third-order valence-corrected chi connectivity index (χ3v) is 3.99. The molecule has 0 radical (unpaired) electrons. The van der Waals surface area contributed by atoms with E-state index in [0.717, 1.165) is 16.8 Å². The number of benzene rings is 1. The van der Waals surface area contributed by atoms with Crippen molar-refractivity contribution in [3.8, 4) is 0 Å². The second-order valence-electron chi connectivity index (χ2n) is 5.28. The summed E-state index contributed by atoms with van der Waals surface area (Å²) < 4.78 is 0. The van der Waals surface area contributed by atoms with Gasteiger partial charge in [-0.05, 0) is 23.3 Å². The minimum atomic E-state index is -1.49. The number of aliphatic carboxylic acids is 1. The van der Waals surface area contributed by atoms with Gasteiger partial charge in [0.1, 0.15) is 0 Å². The average molecular weight is 289 g/mol. The van der Waals surface area contributed by atoms with Crippen molar-refractivity contribution in [1.82, 2.24) is 0 Å². The molecule has 1 amide bonds. The van der Waals surface area contributed by atoms with Crippen molar-refractivity contribution in [3.05, 3.63) is 29.3 Å². The van der Waals surface area contributed by atoms with Gasteiger partial charge in [-0.1, -0.05) is 11.2 Å². The number of rotatable bonds is 3. The Balaban J connectivity index is 1.89. The maximum absolute atomic E-state index is 11.7. The zero-order chi connectivity index (χ0) is 15.2. The molecular formula is C14H15N3O4.